The molecule has 0 unspecified atom stereocenters. The highest BCUT2D eigenvalue weighted by Gasteiger charge is 2.10. The highest BCUT2D eigenvalue weighted by atomic mass is 16.6. The number of likely N-dealkylation sites (N-methyl/N-ethyl adjacent to an activating group) is 1. The Bertz CT molecular complexity index is 500. The summed E-state index contributed by atoms with van der Waals surface area (Å²) in [5.41, 5.74) is 0.420. The van der Waals surface area contributed by atoms with Crippen LogP contribution in [0.5, 0.6) is 0 Å². The van der Waals surface area contributed by atoms with Gasteiger partial charge in [-0.15, -0.1) is 0 Å². The molecule has 6 nitrogen and oxygen atoms in total. The number of nitrogens with one attached hydrogen (secondary N) is 1. The molecule has 0 radical (unpaired) electrons. The Morgan fingerprint density at radius 2 is 2.15 bits per heavy atom. The number of rotatable bonds is 7. The Kier molecular flexibility index (Phi) is 6.39. The monoisotopic (exact) mass is 277 g/mol. The van der Waals surface area contributed by atoms with Crippen LogP contribution in [0.2, 0.25) is 0 Å². The van der Waals surface area contributed by atoms with E-state index in [1.165, 1.54) is 18.2 Å². The summed E-state index contributed by atoms with van der Waals surface area (Å²) in [4.78, 5) is 23.8. The van der Waals surface area contributed by atoms with Crippen molar-refractivity contribution in [2.45, 2.75) is 6.42 Å². The first-order valence-electron chi connectivity index (χ1n) is 6.37. The molecule has 1 aromatic rings. The smallest absolute Gasteiger partial charge is 0.276 e. The summed E-state index contributed by atoms with van der Waals surface area (Å²) in [5.74, 6) is -0.167. The number of nitrogens with zero attached hydrogens (tertiary/aromatic N) is 2. The summed E-state index contributed by atoms with van der Waals surface area (Å²) in [6.45, 7) is 1.48. The molecule has 1 amide bonds. The first-order chi connectivity index (χ1) is 9.56. The summed E-state index contributed by atoms with van der Waals surface area (Å²) in [6, 6.07) is 6.33. The fourth-order valence-corrected chi connectivity index (χ4v) is 1.69. The van der Waals surface area contributed by atoms with E-state index in [-0.39, 0.29) is 11.6 Å². The maximum Gasteiger partial charge on any atom is 0.276 e. The molecule has 0 heterocycles. The van der Waals surface area contributed by atoms with Crippen molar-refractivity contribution in [3.8, 4) is 0 Å². The highest BCUT2D eigenvalue weighted by molar-refractivity contribution is 5.92. The lowest BCUT2D eigenvalue weighted by molar-refractivity contribution is -0.385. The molecule has 1 rings (SSSR count). The molecule has 0 bridgehead atoms. The number of hydrogen-bond donors (Lipinski definition) is 1. The van der Waals surface area contributed by atoms with E-state index in [1.807, 2.05) is 7.05 Å². The molecule has 0 aliphatic heterocycles. The molecular weight excluding hydrogens is 258 g/mol. The number of benzene rings is 1. The first kappa shape index (κ1) is 15.8. The molecule has 1 N–H and O–H groups in total. The standard InChI is InChI=1S/C14H19N3O3/c1-15-10-5-11-16(2)14(18)9-8-12-6-3-4-7-13(12)17(19)20/h3-4,6-9,15H,5,10-11H2,1-2H3/b9-8+. The zero-order valence-corrected chi connectivity index (χ0v) is 11.7. The normalized spacial score (nSPS) is 10.7. The van der Waals surface area contributed by atoms with E-state index in [0.717, 1.165) is 13.0 Å². The quantitative estimate of drug-likeness (QED) is 0.356. The Morgan fingerprint density at radius 3 is 2.80 bits per heavy atom. The van der Waals surface area contributed by atoms with E-state index in [9.17, 15) is 14.9 Å². The van der Waals surface area contributed by atoms with E-state index >= 15 is 0 Å². The van der Waals surface area contributed by atoms with Gasteiger partial charge in [-0.1, -0.05) is 12.1 Å². The predicted octanol–water partition coefficient (Wildman–Crippen LogP) is 1.68. The molecule has 0 spiro atoms. The number of nitro groups is 1. The van der Waals surface area contributed by atoms with Crippen LogP contribution in [0.4, 0.5) is 5.69 Å². The molecule has 6 heteroatoms. The SMILES string of the molecule is CNCCCN(C)C(=O)/C=C/c1ccccc1[N+](=O)[O-]. The third-order valence-corrected chi connectivity index (χ3v) is 2.84. The molecule has 20 heavy (non-hydrogen) atoms. The van der Waals surface area contributed by atoms with Crippen LogP contribution < -0.4 is 5.32 Å². The molecule has 0 aliphatic rings. The Morgan fingerprint density at radius 1 is 1.45 bits per heavy atom. The van der Waals surface area contributed by atoms with Crippen molar-refractivity contribution < 1.29 is 9.72 Å². The second-order valence-electron chi connectivity index (χ2n) is 4.37. The van der Waals surface area contributed by atoms with Gasteiger partial charge in [0.15, 0.2) is 0 Å². The Balaban J connectivity index is 2.68. The molecule has 0 saturated carbocycles. The van der Waals surface area contributed by atoms with Crippen molar-refractivity contribution in [2.75, 3.05) is 27.2 Å². The molecule has 0 aromatic heterocycles. The first-order valence-corrected chi connectivity index (χ1v) is 6.37. The summed E-state index contributed by atoms with van der Waals surface area (Å²) >= 11 is 0. The maximum absolute atomic E-state index is 11.8. The van der Waals surface area contributed by atoms with Gasteiger partial charge in [0.1, 0.15) is 0 Å². The second kappa shape index (κ2) is 8.06. The number of nitro benzene ring substituents is 1. The van der Waals surface area contributed by atoms with Crippen LogP contribution in [0.1, 0.15) is 12.0 Å². The van der Waals surface area contributed by atoms with Crippen molar-refractivity contribution in [3.63, 3.8) is 0 Å². The van der Waals surface area contributed by atoms with Crippen LogP contribution in [0.25, 0.3) is 6.08 Å². The highest BCUT2D eigenvalue weighted by Crippen LogP contribution is 2.18. The third-order valence-electron chi connectivity index (χ3n) is 2.84. The van der Waals surface area contributed by atoms with E-state index in [2.05, 4.69) is 5.32 Å². The van der Waals surface area contributed by atoms with Gasteiger partial charge in [0.05, 0.1) is 10.5 Å². The zero-order chi connectivity index (χ0) is 15.0. The summed E-state index contributed by atoms with van der Waals surface area (Å²) < 4.78 is 0. The number of carbonyl (C=O) groups is 1. The van der Waals surface area contributed by atoms with Gasteiger partial charge in [0, 0.05) is 25.7 Å². The van der Waals surface area contributed by atoms with Gasteiger partial charge in [-0.3, -0.25) is 14.9 Å². The van der Waals surface area contributed by atoms with Crippen molar-refractivity contribution in [2.24, 2.45) is 0 Å². The third kappa shape index (κ3) is 4.81. The van der Waals surface area contributed by atoms with E-state index < -0.39 is 4.92 Å². The average molecular weight is 277 g/mol. The maximum atomic E-state index is 11.8. The summed E-state index contributed by atoms with van der Waals surface area (Å²) in [6.07, 6.45) is 3.70. The fourth-order valence-electron chi connectivity index (χ4n) is 1.69. The Labute approximate surface area is 118 Å². The van der Waals surface area contributed by atoms with Crippen LogP contribution in [0.3, 0.4) is 0 Å². The van der Waals surface area contributed by atoms with Crippen LogP contribution >= 0.6 is 0 Å². The molecule has 1 aromatic carbocycles. The minimum atomic E-state index is -0.458. The lowest BCUT2D eigenvalue weighted by Gasteiger charge is -2.14. The van der Waals surface area contributed by atoms with Gasteiger partial charge in [-0.05, 0) is 32.2 Å². The van der Waals surface area contributed by atoms with Crippen LogP contribution in [-0.2, 0) is 4.79 Å². The van der Waals surface area contributed by atoms with Crippen LogP contribution in [-0.4, -0.2) is 42.9 Å². The van der Waals surface area contributed by atoms with E-state index in [4.69, 9.17) is 0 Å². The van der Waals surface area contributed by atoms with E-state index in [1.54, 1.807) is 30.1 Å². The summed E-state index contributed by atoms with van der Waals surface area (Å²) in [5, 5.41) is 13.9. The fraction of sp³-hybridized carbons (Fsp3) is 0.357. The number of carbonyl (C=O) groups excluding carboxylic acids is 1. The molecule has 0 atom stereocenters. The second-order valence-corrected chi connectivity index (χ2v) is 4.37. The summed E-state index contributed by atoms with van der Waals surface area (Å²) in [7, 11) is 3.57. The van der Waals surface area contributed by atoms with Gasteiger partial charge in [0.25, 0.3) is 5.69 Å². The van der Waals surface area contributed by atoms with Gasteiger partial charge in [-0.25, -0.2) is 0 Å². The van der Waals surface area contributed by atoms with Crippen molar-refractivity contribution in [1.82, 2.24) is 10.2 Å². The topological polar surface area (TPSA) is 75.5 Å². The van der Waals surface area contributed by atoms with Gasteiger partial charge < -0.3 is 10.2 Å². The lowest BCUT2D eigenvalue weighted by atomic mass is 10.1. The minimum Gasteiger partial charge on any atom is -0.342 e. The van der Waals surface area contributed by atoms with Crippen LogP contribution in [0, 0.1) is 10.1 Å². The number of hydrogen-bond acceptors (Lipinski definition) is 4. The minimum absolute atomic E-state index is 0.00520. The van der Waals surface area contributed by atoms with Gasteiger partial charge in [-0.2, -0.15) is 0 Å². The largest absolute Gasteiger partial charge is 0.342 e. The molecular formula is C14H19N3O3. The van der Waals surface area contributed by atoms with Crippen LogP contribution in [0.15, 0.2) is 30.3 Å². The number of amides is 1. The van der Waals surface area contributed by atoms with Crippen molar-refractivity contribution in [3.05, 3.63) is 46.0 Å². The molecule has 108 valence electrons. The number of para-hydroxylation sites is 1. The average Bonchev–Trinajstić information content (AvgIpc) is 2.45. The molecule has 0 aliphatic carbocycles. The molecule has 0 saturated heterocycles. The zero-order valence-electron chi connectivity index (χ0n) is 11.7. The van der Waals surface area contributed by atoms with E-state index in [0.29, 0.717) is 12.1 Å². The van der Waals surface area contributed by atoms with Crippen molar-refractivity contribution in [1.29, 1.82) is 0 Å². The lowest BCUT2D eigenvalue weighted by Crippen LogP contribution is -2.27. The predicted molar refractivity (Wildman–Crippen MR) is 78.3 cm³/mol. The Hall–Kier alpha value is -2.21. The van der Waals surface area contributed by atoms with Gasteiger partial charge >= 0.3 is 0 Å². The van der Waals surface area contributed by atoms with Gasteiger partial charge in [0.2, 0.25) is 5.91 Å². The molecule has 0 fully saturated rings. The van der Waals surface area contributed by atoms with Crippen molar-refractivity contribution >= 4 is 17.7 Å².